The summed E-state index contributed by atoms with van der Waals surface area (Å²) in [7, 11) is 0. The van der Waals surface area contributed by atoms with E-state index in [4.69, 9.17) is 0 Å². The van der Waals surface area contributed by atoms with E-state index in [2.05, 4.69) is 27.2 Å². The molecule has 1 aliphatic rings. The highest BCUT2D eigenvalue weighted by Crippen LogP contribution is 2.60. The Hall–Kier alpha value is -1.51. The lowest BCUT2D eigenvalue weighted by molar-refractivity contribution is -0.272. The molecular formula is C13H6BrF7O. The van der Waals surface area contributed by atoms with Crippen LogP contribution in [0.1, 0.15) is 5.56 Å². The fourth-order valence-corrected chi connectivity index (χ4v) is 1.95. The summed E-state index contributed by atoms with van der Waals surface area (Å²) in [6.45, 7) is 3.15. The normalized spacial score (nSPS) is 21.8. The van der Waals surface area contributed by atoms with Crippen LogP contribution in [0.3, 0.4) is 0 Å². The lowest BCUT2D eigenvalue weighted by Crippen LogP contribution is -2.49. The van der Waals surface area contributed by atoms with Gasteiger partial charge in [-0.15, -0.1) is 0 Å². The molecule has 9 heteroatoms. The molecule has 0 heterocycles. The minimum absolute atomic E-state index is 0.0258. The van der Waals surface area contributed by atoms with E-state index in [0.29, 0.717) is 4.47 Å². The summed E-state index contributed by atoms with van der Waals surface area (Å²) in [5, 5.41) is 0. The monoisotopic (exact) mass is 390 g/mol. The average molecular weight is 391 g/mol. The van der Waals surface area contributed by atoms with Crippen LogP contribution < -0.4 is 0 Å². The van der Waals surface area contributed by atoms with Crippen LogP contribution in [0.25, 0.3) is 5.76 Å². The van der Waals surface area contributed by atoms with Crippen LogP contribution in [0.5, 0.6) is 0 Å². The molecule has 22 heavy (non-hydrogen) atoms. The number of hydrogen-bond donors (Lipinski definition) is 0. The predicted molar refractivity (Wildman–Crippen MR) is 67.2 cm³/mol. The minimum Gasteiger partial charge on any atom is -0.452 e. The van der Waals surface area contributed by atoms with Crippen molar-refractivity contribution in [3.05, 3.63) is 52.5 Å². The van der Waals surface area contributed by atoms with Gasteiger partial charge in [0.25, 0.3) is 0 Å². The SMILES string of the molecule is C=C(OC1=C(F)C(F)(F)C(F)(F)C1(F)F)c1ccc(Br)cc1. The highest BCUT2D eigenvalue weighted by atomic mass is 79.9. The highest BCUT2D eigenvalue weighted by Gasteiger charge is 2.82. The molecule has 0 radical (unpaired) electrons. The number of benzene rings is 1. The lowest BCUT2D eigenvalue weighted by atomic mass is 10.1. The Morgan fingerprint density at radius 3 is 1.86 bits per heavy atom. The van der Waals surface area contributed by atoms with Crippen LogP contribution in [0.4, 0.5) is 30.7 Å². The Bertz CT molecular complexity index is 649. The van der Waals surface area contributed by atoms with Crippen LogP contribution in [-0.2, 0) is 4.74 Å². The van der Waals surface area contributed by atoms with Crippen LogP contribution in [-0.4, -0.2) is 17.8 Å². The lowest BCUT2D eigenvalue weighted by Gasteiger charge is -2.24. The first kappa shape index (κ1) is 16.9. The van der Waals surface area contributed by atoms with Gasteiger partial charge in [-0.05, 0) is 12.1 Å². The molecule has 0 atom stereocenters. The Balaban J connectivity index is 2.38. The van der Waals surface area contributed by atoms with Gasteiger partial charge in [-0.3, -0.25) is 0 Å². The molecule has 1 aromatic carbocycles. The fraction of sp³-hybridized carbons (Fsp3) is 0.231. The summed E-state index contributed by atoms with van der Waals surface area (Å²) < 4.78 is 96.8. The summed E-state index contributed by atoms with van der Waals surface area (Å²) in [4.78, 5) is 0. The number of allylic oxidation sites excluding steroid dienone is 2. The molecule has 0 saturated carbocycles. The second-order valence-corrected chi connectivity index (χ2v) is 5.31. The number of ether oxygens (including phenoxy) is 1. The fourth-order valence-electron chi connectivity index (χ4n) is 1.68. The van der Waals surface area contributed by atoms with Gasteiger partial charge in [-0.1, -0.05) is 34.6 Å². The Morgan fingerprint density at radius 2 is 1.45 bits per heavy atom. The van der Waals surface area contributed by atoms with Crippen molar-refractivity contribution in [2.24, 2.45) is 0 Å². The maximum absolute atomic E-state index is 13.4. The van der Waals surface area contributed by atoms with Crippen molar-refractivity contribution >= 4 is 21.7 Å². The van der Waals surface area contributed by atoms with Gasteiger partial charge in [0.15, 0.2) is 0 Å². The topological polar surface area (TPSA) is 9.23 Å². The first-order valence-electron chi connectivity index (χ1n) is 5.60. The Kier molecular flexibility index (Phi) is 3.83. The van der Waals surface area contributed by atoms with Crippen molar-refractivity contribution < 1.29 is 35.5 Å². The average Bonchev–Trinajstić information content (AvgIpc) is 2.50. The number of hydrogen-bond acceptors (Lipinski definition) is 1. The molecule has 0 aliphatic heterocycles. The predicted octanol–water partition coefficient (Wildman–Crippen LogP) is 5.54. The molecule has 2 rings (SSSR count). The zero-order valence-corrected chi connectivity index (χ0v) is 12.0. The first-order chi connectivity index (χ1) is 9.93. The van der Waals surface area contributed by atoms with Crippen LogP contribution in [0, 0.1) is 0 Å². The molecule has 0 aromatic heterocycles. The van der Waals surface area contributed by atoms with Crippen molar-refractivity contribution in [2.45, 2.75) is 17.8 Å². The van der Waals surface area contributed by atoms with Gasteiger partial charge < -0.3 is 4.74 Å². The van der Waals surface area contributed by atoms with E-state index in [1.807, 2.05) is 0 Å². The van der Waals surface area contributed by atoms with Crippen LogP contribution >= 0.6 is 15.9 Å². The van der Waals surface area contributed by atoms with Gasteiger partial charge in [0.05, 0.1) is 0 Å². The summed E-state index contributed by atoms with van der Waals surface area (Å²) in [5.41, 5.74) is 0.0258. The van der Waals surface area contributed by atoms with Crippen molar-refractivity contribution in [1.29, 1.82) is 0 Å². The maximum Gasteiger partial charge on any atom is 0.386 e. The van der Waals surface area contributed by atoms with Crippen molar-refractivity contribution in [2.75, 3.05) is 0 Å². The Morgan fingerprint density at radius 1 is 0.955 bits per heavy atom. The molecular weight excluding hydrogens is 385 g/mol. The minimum atomic E-state index is -5.93. The van der Waals surface area contributed by atoms with E-state index < -0.39 is 35.1 Å². The summed E-state index contributed by atoms with van der Waals surface area (Å²) in [5.74, 6) is -23.2. The third-order valence-electron chi connectivity index (χ3n) is 2.94. The van der Waals surface area contributed by atoms with E-state index in [1.54, 1.807) is 0 Å². The molecule has 0 N–H and O–H groups in total. The quantitative estimate of drug-likeness (QED) is 0.486. The van der Waals surface area contributed by atoms with Gasteiger partial charge in [0.2, 0.25) is 11.6 Å². The van der Waals surface area contributed by atoms with Gasteiger partial charge in [0, 0.05) is 10.0 Å². The standard InChI is InChI=1S/C13H6BrF7O/c1-6(7-2-4-8(14)5-3-7)22-10-9(15)11(16,17)13(20,21)12(10,18)19/h2-5H,1H2. The Labute approximate surface area is 128 Å². The molecule has 120 valence electrons. The molecule has 0 saturated heterocycles. The molecule has 0 bridgehead atoms. The smallest absolute Gasteiger partial charge is 0.386 e. The third-order valence-corrected chi connectivity index (χ3v) is 3.47. The molecule has 0 amide bonds. The van der Waals surface area contributed by atoms with Gasteiger partial charge in [-0.2, -0.15) is 26.3 Å². The van der Waals surface area contributed by atoms with E-state index in [9.17, 15) is 30.7 Å². The second kappa shape index (κ2) is 5.00. The van der Waals surface area contributed by atoms with E-state index in [-0.39, 0.29) is 5.56 Å². The number of rotatable bonds is 3. The maximum atomic E-state index is 13.4. The second-order valence-electron chi connectivity index (χ2n) is 4.40. The van der Waals surface area contributed by atoms with Gasteiger partial charge in [-0.25, -0.2) is 4.39 Å². The zero-order chi connectivity index (χ0) is 16.9. The summed E-state index contributed by atoms with van der Waals surface area (Å²) >= 11 is 3.08. The molecule has 0 spiro atoms. The van der Waals surface area contributed by atoms with Crippen molar-refractivity contribution in [3.63, 3.8) is 0 Å². The van der Waals surface area contributed by atoms with Crippen LogP contribution in [0.2, 0.25) is 0 Å². The molecule has 0 fully saturated rings. The number of halogens is 8. The molecule has 1 aliphatic carbocycles. The zero-order valence-electron chi connectivity index (χ0n) is 10.4. The first-order valence-corrected chi connectivity index (χ1v) is 6.39. The highest BCUT2D eigenvalue weighted by molar-refractivity contribution is 9.10. The molecule has 1 nitrogen and oxygen atoms in total. The van der Waals surface area contributed by atoms with Crippen molar-refractivity contribution in [1.82, 2.24) is 0 Å². The van der Waals surface area contributed by atoms with E-state index >= 15 is 0 Å². The van der Waals surface area contributed by atoms with Gasteiger partial charge in [0.1, 0.15) is 5.76 Å². The van der Waals surface area contributed by atoms with Crippen molar-refractivity contribution in [3.8, 4) is 0 Å². The molecule has 0 unspecified atom stereocenters. The van der Waals surface area contributed by atoms with E-state index in [0.717, 1.165) is 0 Å². The summed E-state index contributed by atoms with van der Waals surface area (Å²) in [6.07, 6.45) is 0. The largest absolute Gasteiger partial charge is 0.452 e. The van der Waals surface area contributed by atoms with Crippen LogP contribution in [0.15, 0.2) is 46.9 Å². The summed E-state index contributed by atoms with van der Waals surface area (Å²) in [6, 6.07) is 5.44. The third kappa shape index (κ3) is 2.22. The van der Waals surface area contributed by atoms with Gasteiger partial charge >= 0.3 is 17.8 Å². The number of alkyl halides is 6. The molecule has 1 aromatic rings. The van der Waals surface area contributed by atoms with E-state index in [1.165, 1.54) is 24.3 Å².